The van der Waals surface area contributed by atoms with Gasteiger partial charge in [0.1, 0.15) is 0 Å². The smallest absolute Gasteiger partial charge is 0.212 e. The van der Waals surface area contributed by atoms with Crippen molar-refractivity contribution in [1.29, 1.82) is 0 Å². The van der Waals surface area contributed by atoms with Crippen molar-refractivity contribution in [2.45, 2.75) is 56.8 Å². The SMILES string of the molecule is C=N/C=C(\C=C/CN1CCC2CC(C1)N2Cc1ccc(OC)nc1)C1=CC(N2CCC(C)(O)CC2)=CN2NCC(C=NC)=C12. The molecule has 0 radical (unpaired) electrons. The number of hydrazine groups is 1. The Hall–Kier alpha value is -3.57. The van der Waals surface area contributed by atoms with E-state index in [1.165, 1.54) is 18.4 Å². The molecule has 2 bridgehead atoms. The van der Waals surface area contributed by atoms with Crippen LogP contribution in [-0.2, 0) is 6.54 Å². The van der Waals surface area contributed by atoms with Crippen molar-refractivity contribution >= 4 is 12.9 Å². The van der Waals surface area contributed by atoms with Crippen molar-refractivity contribution in [2.75, 3.05) is 53.4 Å². The van der Waals surface area contributed by atoms with E-state index >= 15 is 0 Å². The first kappa shape index (κ1) is 30.5. The Morgan fingerprint density at radius 1 is 1.25 bits per heavy atom. The zero-order valence-electron chi connectivity index (χ0n) is 26.3. The Labute approximate surface area is 261 Å². The van der Waals surface area contributed by atoms with E-state index in [4.69, 9.17) is 4.74 Å². The first-order valence-corrected chi connectivity index (χ1v) is 15.8. The molecule has 6 aliphatic rings. The van der Waals surface area contributed by atoms with Gasteiger partial charge in [-0.15, -0.1) is 0 Å². The number of aliphatic imine (C=N–C) groups is 2. The van der Waals surface area contributed by atoms with Gasteiger partial charge in [0, 0.05) is 113 Å². The zero-order valence-corrected chi connectivity index (χ0v) is 26.3. The largest absolute Gasteiger partial charge is 0.481 e. The average Bonchev–Trinajstić information content (AvgIpc) is 3.19. The fraction of sp³-hybridized carbons (Fsp3) is 0.500. The van der Waals surface area contributed by atoms with E-state index < -0.39 is 5.60 Å². The highest BCUT2D eigenvalue weighted by Gasteiger charge is 2.41. The summed E-state index contributed by atoms with van der Waals surface area (Å²) < 4.78 is 5.23. The van der Waals surface area contributed by atoms with Crippen LogP contribution >= 0.6 is 0 Å². The maximum Gasteiger partial charge on any atom is 0.212 e. The first-order chi connectivity index (χ1) is 21.4. The molecule has 44 heavy (non-hydrogen) atoms. The summed E-state index contributed by atoms with van der Waals surface area (Å²) in [6.07, 6.45) is 18.6. The van der Waals surface area contributed by atoms with Crippen LogP contribution in [0.25, 0.3) is 0 Å². The van der Waals surface area contributed by atoms with Gasteiger partial charge in [0.2, 0.25) is 5.88 Å². The first-order valence-electron chi connectivity index (χ1n) is 15.8. The van der Waals surface area contributed by atoms with Crippen molar-refractivity contribution in [2.24, 2.45) is 9.98 Å². The van der Waals surface area contributed by atoms with Gasteiger partial charge < -0.3 is 14.7 Å². The lowest BCUT2D eigenvalue weighted by atomic mass is 9.91. The molecule has 0 amide bonds. The van der Waals surface area contributed by atoms with Gasteiger partial charge in [-0.2, -0.15) is 0 Å². The van der Waals surface area contributed by atoms with Gasteiger partial charge >= 0.3 is 0 Å². The number of pyridine rings is 1. The van der Waals surface area contributed by atoms with Crippen LogP contribution in [0.3, 0.4) is 0 Å². The Morgan fingerprint density at radius 2 is 2.09 bits per heavy atom. The van der Waals surface area contributed by atoms with E-state index in [1.54, 1.807) is 7.11 Å². The van der Waals surface area contributed by atoms with E-state index in [2.05, 4.69) is 77.3 Å². The summed E-state index contributed by atoms with van der Waals surface area (Å²) >= 11 is 0. The van der Waals surface area contributed by atoms with Crippen molar-refractivity contribution in [1.82, 2.24) is 30.1 Å². The third kappa shape index (κ3) is 6.58. The molecule has 234 valence electrons. The minimum absolute atomic E-state index is 0.570. The van der Waals surface area contributed by atoms with Gasteiger partial charge in [0.25, 0.3) is 0 Å². The second kappa shape index (κ2) is 13.2. The number of hydrogen-bond acceptors (Lipinski definition) is 10. The fourth-order valence-corrected chi connectivity index (χ4v) is 7.01. The Bertz CT molecular complexity index is 1400. The predicted octanol–water partition coefficient (Wildman–Crippen LogP) is 3.28. The molecular formula is C34H46N8O2. The lowest BCUT2D eigenvalue weighted by molar-refractivity contribution is 0.00322. The van der Waals surface area contributed by atoms with Crippen molar-refractivity contribution in [3.63, 3.8) is 0 Å². The number of hydrogen-bond donors (Lipinski definition) is 2. The maximum absolute atomic E-state index is 10.5. The van der Waals surface area contributed by atoms with E-state index in [0.717, 1.165) is 80.2 Å². The topological polar surface area (TPSA) is 92.1 Å². The number of aromatic nitrogens is 1. The van der Waals surface area contributed by atoms with Crippen LogP contribution in [-0.4, -0.2) is 114 Å². The summed E-state index contributed by atoms with van der Waals surface area (Å²) in [5.41, 5.74) is 9.64. The van der Waals surface area contributed by atoms with Crippen LogP contribution < -0.4 is 10.2 Å². The Morgan fingerprint density at radius 3 is 2.82 bits per heavy atom. The van der Waals surface area contributed by atoms with Crippen LogP contribution in [0.4, 0.5) is 0 Å². The van der Waals surface area contributed by atoms with Crippen LogP contribution in [0.2, 0.25) is 0 Å². The Balaban J connectivity index is 1.16. The molecular weight excluding hydrogens is 552 g/mol. The van der Waals surface area contributed by atoms with Gasteiger partial charge in [-0.3, -0.25) is 24.8 Å². The minimum Gasteiger partial charge on any atom is -0.481 e. The third-order valence-electron chi connectivity index (χ3n) is 9.59. The fourth-order valence-electron chi connectivity index (χ4n) is 7.01. The molecule has 0 aromatic carbocycles. The molecule has 0 spiro atoms. The van der Waals surface area contributed by atoms with E-state index in [1.807, 2.05) is 38.6 Å². The number of allylic oxidation sites excluding steroid dienone is 3. The molecule has 1 aromatic heterocycles. The van der Waals surface area contributed by atoms with Gasteiger partial charge in [-0.05, 0) is 51.0 Å². The summed E-state index contributed by atoms with van der Waals surface area (Å²) in [6.45, 7) is 12.1. The summed E-state index contributed by atoms with van der Waals surface area (Å²) in [6, 6.07) is 5.29. The molecule has 7 heterocycles. The second-order valence-corrected chi connectivity index (χ2v) is 12.7. The number of nitrogens with one attached hydrogen (secondary N) is 1. The number of ether oxygens (including phenoxy) is 1. The lowest BCUT2D eigenvalue weighted by Crippen LogP contribution is -2.56. The quantitative estimate of drug-likeness (QED) is 0.313. The lowest BCUT2D eigenvalue weighted by Gasteiger charge is -2.47. The molecule has 2 atom stereocenters. The average molecular weight is 599 g/mol. The van der Waals surface area contributed by atoms with Gasteiger partial charge in [-0.1, -0.05) is 18.2 Å². The number of aliphatic hydroxyl groups is 1. The highest BCUT2D eigenvalue weighted by atomic mass is 16.5. The van der Waals surface area contributed by atoms with Crippen molar-refractivity contribution in [3.8, 4) is 5.88 Å². The standard InChI is InChI=1S/C34H46N8O2/c1-34(43)10-14-40(15-11-34)29-17-31(33-27(20-36-3)21-38-42(33)24-29)26(19-35-2)6-5-12-39-13-9-28-16-30(23-39)41(28)22-25-7-8-32(44-4)37-18-25/h5-8,17-20,24,28,30,38,43H,2,9-16,21-23H2,1,3-4H3/b6-5-,26-19+,36-20?. The maximum atomic E-state index is 10.5. The predicted molar refractivity (Wildman–Crippen MR) is 175 cm³/mol. The van der Waals surface area contributed by atoms with Crippen LogP contribution in [0.5, 0.6) is 5.88 Å². The molecule has 7 rings (SSSR count). The number of piperidine rings is 1. The molecule has 6 aliphatic heterocycles. The second-order valence-electron chi connectivity index (χ2n) is 12.7. The van der Waals surface area contributed by atoms with E-state index in [0.29, 0.717) is 24.5 Å². The zero-order chi connectivity index (χ0) is 30.7. The van der Waals surface area contributed by atoms with Crippen molar-refractivity contribution < 1.29 is 9.84 Å². The van der Waals surface area contributed by atoms with E-state index in [-0.39, 0.29) is 0 Å². The molecule has 4 saturated heterocycles. The summed E-state index contributed by atoms with van der Waals surface area (Å²) in [4.78, 5) is 20.5. The molecule has 2 unspecified atom stereocenters. The number of rotatable bonds is 10. The number of nitrogens with zero attached hydrogens (tertiary/aromatic N) is 7. The molecule has 2 N–H and O–H groups in total. The van der Waals surface area contributed by atoms with Crippen molar-refractivity contribution in [3.05, 3.63) is 82.6 Å². The third-order valence-corrected chi connectivity index (χ3v) is 9.59. The van der Waals surface area contributed by atoms with Gasteiger partial charge in [0.15, 0.2) is 0 Å². The molecule has 0 aliphatic carbocycles. The highest BCUT2D eigenvalue weighted by Crippen LogP contribution is 2.37. The monoisotopic (exact) mass is 598 g/mol. The highest BCUT2D eigenvalue weighted by molar-refractivity contribution is 5.83. The number of fused-ring (bicyclic) bond motifs is 4. The van der Waals surface area contributed by atoms with Gasteiger partial charge in [0.05, 0.1) is 24.1 Å². The Kier molecular flexibility index (Phi) is 9.13. The van der Waals surface area contributed by atoms with Gasteiger partial charge in [-0.25, -0.2) is 10.4 Å². The number of likely N-dealkylation sites (tertiary alicyclic amines) is 1. The van der Waals surface area contributed by atoms with Crippen LogP contribution in [0, 0.1) is 0 Å². The molecule has 10 nitrogen and oxygen atoms in total. The summed E-state index contributed by atoms with van der Waals surface area (Å²) in [5.74, 6) is 0.660. The minimum atomic E-state index is -0.599. The molecule has 10 heteroatoms. The van der Waals surface area contributed by atoms with Crippen LogP contribution in [0.1, 0.15) is 38.2 Å². The summed E-state index contributed by atoms with van der Waals surface area (Å²) in [5, 5.41) is 12.6. The molecule has 1 aromatic rings. The molecule has 4 fully saturated rings. The normalized spacial score (nSPS) is 26.0. The van der Waals surface area contributed by atoms with E-state index in [9.17, 15) is 5.11 Å². The molecule has 0 saturated carbocycles. The number of methoxy groups -OCH3 is 1. The van der Waals surface area contributed by atoms with Crippen LogP contribution in [0.15, 0.2) is 87.1 Å². The summed E-state index contributed by atoms with van der Waals surface area (Å²) in [7, 11) is 3.47.